The van der Waals surface area contributed by atoms with Gasteiger partial charge in [0.2, 0.25) is 5.91 Å². The summed E-state index contributed by atoms with van der Waals surface area (Å²) in [5, 5.41) is 6.13. The van der Waals surface area contributed by atoms with Gasteiger partial charge in [0.1, 0.15) is 0 Å². The maximum Gasteiger partial charge on any atom is 0.416 e. The summed E-state index contributed by atoms with van der Waals surface area (Å²) in [6.45, 7) is 3.66. The molecule has 2 fully saturated rings. The molecule has 6 nitrogen and oxygen atoms in total. The molecule has 1 heterocycles. The molecule has 0 spiro atoms. The molecule has 0 aromatic heterocycles. The van der Waals surface area contributed by atoms with Crippen molar-refractivity contribution in [1.29, 1.82) is 0 Å². The normalized spacial score (nSPS) is 17.6. The molecule has 1 amide bonds. The number of rotatable bonds is 5. The predicted molar refractivity (Wildman–Crippen MR) is 118 cm³/mol. The second kappa shape index (κ2) is 10.4. The van der Waals surface area contributed by atoms with Crippen LogP contribution >= 0.6 is 24.0 Å². The van der Waals surface area contributed by atoms with Gasteiger partial charge >= 0.3 is 6.18 Å². The third-order valence-corrected chi connectivity index (χ3v) is 4.99. The van der Waals surface area contributed by atoms with Gasteiger partial charge in [-0.05, 0) is 31.0 Å². The Hall–Kier alpha value is -1.72. The average Bonchev–Trinajstić information content (AvgIpc) is 3.53. The number of benzene rings is 1. The Morgan fingerprint density at radius 1 is 1.14 bits per heavy atom. The van der Waals surface area contributed by atoms with E-state index in [2.05, 4.69) is 20.5 Å². The van der Waals surface area contributed by atoms with Gasteiger partial charge in [-0.15, -0.1) is 24.0 Å². The molecule has 2 N–H and O–H groups in total. The lowest BCUT2D eigenvalue weighted by Crippen LogP contribution is -2.53. The topological polar surface area (TPSA) is 60.0 Å². The number of guanidine groups is 1. The summed E-state index contributed by atoms with van der Waals surface area (Å²) in [6.07, 6.45) is -2.37. The fraction of sp³-hybridized carbons (Fsp3) is 0.579. The Kier molecular flexibility index (Phi) is 8.41. The molecule has 1 aliphatic heterocycles. The van der Waals surface area contributed by atoms with Gasteiger partial charge in [-0.3, -0.25) is 9.79 Å². The number of nitrogens with zero attached hydrogens (tertiary/aromatic N) is 3. The van der Waals surface area contributed by atoms with Gasteiger partial charge in [-0.2, -0.15) is 13.2 Å². The molecule has 1 saturated heterocycles. The number of halogens is 4. The van der Waals surface area contributed by atoms with Crippen LogP contribution in [0.25, 0.3) is 0 Å². The first kappa shape index (κ1) is 23.6. The largest absolute Gasteiger partial charge is 0.416 e. The maximum absolute atomic E-state index is 12.9. The van der Waals surface area contributed by atoms with Gasteiger partial charge in [-0.1, -0.05) is 6.07 Å². The molecule has 0 unspecified atom stereocenters. The van der Waals surface area contributed by atoms with Crippen molar-refractivity contribution in [1.82, 2.24) is 15.5 Å². The zero-order chi connectivity index (χ0) is 20.1. The zero-order valence-corrected chi connectivity index (χ0v) is 18.7. The van der Waals surface area contributed by atoms with E-state index in [1.54, 1.807) is 13.1 Å². The third-order valence-electron chi connectivity index (χ3n) is 4.99. The minimum Gasteiger partial charge on any atom is -0.368 e. The summed E-state index contributed by atoms with van der Waals surface area (Å²) in [5.74, 6) is 1.05. The summed E-state index contributed by atoms with van der Waals surface area (Å²) in [7, 11) is 1.70. The van der Waals surface area contributed by atoms with E-state index in [0.717, 1.165) is 24.9 Å². The van der Waals surface area contributed by atoms with Crippen molar-refractivity contribution >= 4 is 41.5 Å². The lowest BCUT2D eigenvalue weighted by atomic mass is 10.1. The second-order valence-corrected chi connectivity index (χ2v) is 7.06. The van der Waals surface area contributed by atoms with Gasteiger partial charge in [0.05, 0.1) is 5.56 Å². The molecule has 1 saturated carbocycles. The van der Waals surface area contributed by atoms with Crippen LogP contribution in [0.3, 0.4) is 0 Å². The van der Waals surface area contributed by atoms with Crippen LogP contribution in [0.4, 0.5) is 18.9 Å². The van der Waals surface area contributed by atoms with Crippen LogP contribution in [-0.2, 0) is 11.0 Å². The van der Waals surface area contributed by atoms with Crippen molar-refractivity contribution < 1.29 is 18.0 Å². The first-order valence-electron chi connectivity index (χ1n) is 9.54. The Morgan fingerprint density at radius 3 is 2.38 bits per heavy atom. The van der Waals surface area contributed by atoms with Gasteiger partial charge in [0.25, 0.3) is 0 Å². The number of aliphatic imine (C=N–C) groups is 1. The van der Waals surface area contributed by atoms with Crippen molar-refractivity contribution in [2.75, 3.05) is 51.2 Å². The van der Waals surface area contributed by atoms with Crippen LogP contribution in [0.2, 0.25) is 0 Å². The van der Waals surface area contributed by atoms with E-state index in [9.17, 15) is 18.0 Å². The van der Waals surface area contributed by atoms with Crippen LogP contribution in [0, 0.1) is 5.92 Å². The number of piperazine rings is 1. The SMILES string of the molecule is CN=C(NCCNC(=O)C1CC1)N1CCN(c2cccc(C(F)(F)F)c2)CC1.I. The summed E-state index contributed by atoms with van der Waals surface area (Å²) < 4.78 is 38.8. The lowest BCUT2D eigenvalue weighted by Gasteiger charge is -2.37. The smallest absolute Gasteiger partial charge is 0.368 e. The molecule has 10 heteroatoms. The number of carbonyl (C=O) groups is 1. The fourth-order valence-electron chi connectivity index (χ4n) is 3.24. The van der Waals surface area contributed by atoms with Crippen LogP contribution in [0.5, 0.6) is 0 Å². The molecule has 3 rings (SSSR count). The quantitative estimate of drug-likeness (QED) is 0.269. The van der Waals surface area contributed by atoms with Crippen molar-refractivity contribution in [2.45, 2.75) is 19.0 Å². The minimum absolute atomic E-state index is 0. The summed E-state index contributed by atoms with van der Waals surface area (Å²) in [5.41, 5.74) is -0.0432. The number of nitrogens with one attached hydrogen (secondary N) is 2. The number of amides is 1. The van der Waals surface area contributed by atoms with Gasteiger partial charge < -0.3 is 20.4 Å². The summed E-state index contributed by atoms with van der Waals surface area (Å²) in [4.78, 5) is 19.9. The predicted octanol–water partition coefficient (Wildman–Crippen LogP) is 2.55. The van der Waals surface area contributed by atoms with Crippen molar-refractivity contribution in [3.05, 3.63) is 29.8 Å². The highest BCUT2D eigenvalue weighted by atomic mass is 127. The zero-order valence-electron chi connectivity index (χ0n) is 16.3. The molecule has 2 aliphatic rings. The molecule has 29 heavy (non-hydrogen) atoms. The van der Waals surface area contributed by atoms with Crippen LogP contribution in [-0.4, -0.2) is 63.1 Å². The van der Waals surface area contributed by atoms with E-state index in [1.165, 1.54) is 12.1 Å². The number of hydrogen-bond acceptors (Lipinski definition) is 3. The summed E-state index contributed by atoms with van der Waals surface area (Å²) in [6, 6.07) is 5.44. The van der Waals surface area contributed by atoms with Crippen molar-refractivity contribution in [3.8, 4) is 0 Å². The molecule has 1 aromatic carbocycles. The second-order valence-electron chi connectivity index (χ2n) is 7.06. The fourth-order valence-corrected chi connectivity index (χ4v) is 3.24. The molecule has 1 aliphatic carbocycles. The van der Waals surface area contributed by atoms with E-state index in [0.29, 0.717) is 45.0 Å². The van der Waals surface area contributed by atoms with Crippen LogP contribution < -0.4 is 15.5 Å². The molecular formula is C19H27F3IN5O. The molecule has 0 atom stereocenters. The highest BCUT2D eigenvalue weighted by Gasteiger charge is 2.31. The van der Waals surface area contributed by atoms with E-state index in [-0.39, 0.29) is 35.8 Å². The first-order chi connectivity index (χ1) is 13.4. The van der Waals surface area contributed by atoms with Gasteiger partial charge in [0.15, 0.2) is 5.96 Å². The molecular weight excluding hydrogens is 498 g/mol. The monoisotopic (exact) mass is 525 g/mol. The highest BCUT2D eigenvalue weighted by Crippen LogP contribution is 2.32. The van der Waals surface area contributed by atoms with Crippen molar-refractivity contribution in [2.24, 2.45) is 10.9 Å². The van der Waals surface area contributed by atoms with E-state index in [4.69, 9.17) is 0 Å². The molecule has 1 aromatic rings. The molecule has 162 valence electrons. The van der Waals surface area contributed by atoms with Crippen LogP contribution in [0.1, 0.15) is 18.4 Å². The Morgan fingerprint density at radius 2 is 1.79 bits per heavy atom. The average molecular weight is 525 g/mol. The number of carbonyl (C=O) groups excluding carboxylic acids is 1. The minimum atomic E-state index is -4.33. The van der Waals surface area contributed by atoms with E-state index in [1.807, 2.05) is 4.90 Å². The van der Waals surface area contributed by atoms with Crippen molar-refractivity contribution in [3.63, 3.8) is 0 Å². The lowest BCUT2D eigenvalue weighted by molar-refractivity contribution is -0.137. The third kappa shape index (κ3) is 6.65. The Bertz CT molecular complexity index is 716. The Balaban J connectivity index is 0.00000300. The molecule has 0 bridgehead atoms. The standard InChI is InChI=1S/C19H26F3N5O.HI/c1-23-18(25-8-7-24-17(28)14-5-6-14)27-11-9-26(10-12-27)16-4-2-3-15(13-16)19(20,21)22;/h2-4,13-14H,5-12H2,1H3,(H,23,25)(H,24,28);1H. The maximum atomic E-state index is 12.9. The highest BCUT2D eigenvalue weighted by molar-refractivity contribution is 14.0. The number of alkyl halides is 3. The van der Waals surface area contributed by atoms with Crippen LogP contribution in [0.15, 0.2) is 29.3 Å². The number of hydrogen-bond donors (Lipinski definition) is 2. The Labute approximate surface area is 185 Å². The van der Waals surface area contributed by atoms with E-state index < -0.39 is 11.7 Å². The molecule has 0 radical (unpaired) electrons. The first-order valence-corrected chi connectivity index (χ1v) is 9.54. The van der Waals surface area contributed by atoms with Gasteiger partial charge in [0, 0.05) is 57.9 Å². The summed E-state index contributed by atoms with van der Waals surface area (Å²) >= 11 is 0. The van der Waals surface area contributed by atoms with E-state index >= 15 is 0 Å². The number of anilines is 1. The van der Waals surface area contributed by atoms with Gasteiger partial charge in [-0.25, -0.2) is 0 Å².